The molecule has 1 aromatic heterocycles. The second-order valence-corrected chi connectivity index (χ2v) is 8.58. The quantitative estimate of drug-likeness (QED) is 0.249. The molecule has 0 bridgehead atoms. The molecule has 0 radical (unpaired) electrons. The third-order valence-electron chi connectivity index (χ3n) is 4.42. The zero-order chi connectivity index (χ0) is 21.8. The molecule has 4 rings (SSSR count). The van der Waals surface area contributed by atoms with Gasteiger partial charge < -0.3 is 10.6 Å². The van der Waals surface area contributed by atoms with Crippen molar-refractivity contribution in [3.8, 4) is 16.0 Å². The minimum absolute atomic E-state index is 0.476. The standard InChI is InChI=1S/C23H16N4O2S2/c1-14-2-11-19-20(12-14)31-23(27-19)15-3-5-16(6-4-15)25-21(28)22(29)26-17-7-9-18(10-8-17)30-13-24/h2-12H,1H3,(H,25,28)(H,26,29). The van der Waals surface area contributed by atoms with Crippen LogP contribution in [0.2, 0.25) is 0 Å². The Morgan fingerprint density at radius 1 is 0.935 bits per heavy atom. The van der Waals surface area contributed by atoms with Crippen LogP contribution in [0.4, 0.5) is 11.4 Å². The Bertz CT molecular complexity index is 1310. The minimum Gasteiger partial charge on any atom is -0.318 e. The number of rotatable bonds is 4. The summed E-state index contributed by atoms with van der Waals surface area (Å²) in [6.45, 7) is 2.05. The number of nitriles is 1. The molecule has 0 aliphatic rings. The van der Waals surface area contributed by atoms with Gasteiger partial charge in [-0.05, 0) is 84.9 Å². The SMILES string of the molecule is Cc1ccc2nc(-c3ccc(NC(=O)C(=O)Nc4ccc(SC#N)cc4)cc3)sc2c1. The van der Waals surface area contributed by atoms with Crippen LogP contribution in [-0.2, 0) is 9.59 Å². The number of carbonyl (C=O) groups excluding carboxylic acids is 2. The van der Waals surface area contributed by atoms with E-state index in [1.54, 1.807) is 47.7 Å². The second kappa shape index (κ2) is 9.00. The summed E-state index contributed by atoms with van der Waals surface area (Å²) in [6.07, 6.45) is 0. The Kier molecular flexibility index (Phi) is 5.98. The fraction of sp³-hybridized carbons (Fsp3) is 0.0435. The number of benzene rings is 3. The lowest BCUT2D eigenvalue weighted by molar-refractivity contribution is -0.132. The maximum Gasteiger partial charge on any atom is 0.314 e. The van der Waals surface area contributed by atoms with Crippen LogP contribution in [0, 0.1) is 17.6 Å². The zero-order valence-corrected chi connectivity index (χ0v) is 18.0. The Labute approximate surface area is 186 Å². The molecule has 4 aromatic rings. The lowest BCUT2D eigenvalue weighted by atomic mass is 10.2. The maximum absolute atomic E-state index is 12.2. The summed E-state index contributed by atoms with van der Waals surface area (Å²) in [5.41, 5.74) is 4.08. The van der Waals surface area contributed by atoms with E-state index >= 15 is 0 Å². The first-order chi connectivity index (χ1) is 15.0. The van der Waals surface area contributed by atoms with Crippen molar-refractivity contribution in [1.29, 1.82) is 5.26 Å². The third kappa shape index (κ3) is 4.91. The molecular formula is C23H16N4O2S2. The molecule has 0 spiro atoms. The van der Waals surface area contributed by atoms with Crippen LogP contribution in [-0.4, -0.2) is 16.8 Å². The first kappa shape index (κ1) is 20.6. The number of fused-ring (bicyclic) bond motifs is 1. The number of amides is 2. The number of thiocyanates is 1. The normalized spacial score (nSPS) is 10.5. The predicted octanol–water partition coefficient (Wildman–Crippen LogP) is 5.42. The molecule has 0 aliphatic heterocycles. The summed E-state index contributed by atoms with van der Waals surface area (Å²) >= 11 is 2.63. The van der Waals surface area contributed by atoms with E-state index in [1.807, 2.05) is 29.7 Å². The Morgan fingerprint density at radius 2 is 1.55 bits per heavy atom. The summed E-state index contributed by atoms with van der Waals surface area (Å²) in [5, 5.41) is 16.7. The fourth-order valence-corrected chi connectivity index (χ4v) is 4.33. The van der Waals surface area contributed by atoms with Crippen molar-refractivity contribution in [2.45, 2.75) is 11.8 Å². The van der Waals surface area contributed by atoms with Crippen LogP contribution in [0.3, 0.4) is 0 Å². The highest BCUT2D eigenvalue weighted by Crippen LogP contribution is 2.31. The van der Waals surface area contributed by atoms with E-state index in [2.05, 4.69) is 28.6 Å². The number of nitrogens with zero attached hydrogens (tertiary/aromatic N) is 2. The molecule has 3 aromatic carbocycles. The zero-order valence-electron chi connectivity index (χ0n) is 16.4. The van der Waals surface area contributed by atoms with Crippen molar-refractivity contribution in [2.75, 3.05) is 10.6 Å². The molecule has 1 heterocycles. The number of anilines is 2. The Balaban J connectivity index is 1.40. The Morgan fingerprint density at radius 3 is 2.16 bits per heavy atom. The topological polar surface area (TPSA) is 94.9 Å². The van der Waals surface area contributed by atoms with Crippen LogP contribution in [0.25, 0.3) is 20.8 Å². The molecule has 152 valence electrons. The first-order valence-electron chi connectivity index (χ1n) is 9.28. The van der Waals surface area contributed by atoms with Gasteiger partial charge in [0.25, 0.3) is 0 Å². The largest absolute Gasteiger partial charge is 0.318 e. The van der Waals surface area contributed by atoms with Crippen molar-refractivity contribution >= 4 is 56.5 Å². The molecule has 2 amide bonds. The predicted molar refractivity (Wildman–Crippen MR) is 125 cm³/mol. The molecule has 0 atom stereocenters. The number of aromatic nitrogens is 1. The number of hydrogen-bond donors (Lipinski definition) is 2. The second-order valence-electron chi connectivity index (χ2n) is 6.69. The summed E-state index contributed by atoms with van der Waals surface area (Å²) < 4.78 is 1.13. The Hall–Kier alpha value is -3.67. The number of aryl methyl sites for hydroxylation is 1. The van der Waals surface area contributed by atoms with E-state index in [1.165, 1.54) is 5.56 Å². The van der Waals surface area contributed by atoms with E-state index in [9.17, 15) is 9.59 Å². The van der Waals surface area contributed by atoms with Crippen LogP contribution in [0.15, 0.2) is 71.6 Å². The van der Waals surface area contributed by atoms with Gasteiger partial charge in [0.1, 0.15) is 10.4 Å². The van der Waals surface area contributed by atoms with Crippen molar-refractivity contribution in [1.82, 2.24) is 4.98 Å². The number of nitrogens with one attached hydrogen (secondary N) is 2. The molecule has 6 nitrogen and oxygen atoms in total. The van der Waals surface area contributed by atoms with Gasteiger partial charge in [-0.2, -0.15) is 5.26 Å². The molecule has 0 saturated carbocycles. The summed E-state index contributed by atoms with van der Waals surface area (Å²) in [6, 6.07) is 20.0. The van der Waals surface area contributed by atoms with E-state index in [0.29, 0.717) is 11.4 Å². The fourth-order valence-electron chi connectivity index (χ4n) is 2.89. The van der Waals surface area contributed by atoms with E-state index in [4.69, 9.17) is 5.26 Å². The molecule has 2 N–H and O–H groups in total. The summed E-state index contributed by atoms with van der Waals surface area (Å²) in [5.74, 6) is -1.54. The van der Waals surface area contributed by atoms with Gasteiger partial charge in [-0.25, -0.2) is 4.98 Å². The summed E-state index contributed by atoms with van der Waals surface area (Å²) in [7, 11) is 0. The molecule has 8 heteroatoms. The van der Waals surface area contributed by atoms with Crippen molar-refractivity contribution in [3.63, 3.8) is 0 Å². The number of carbonyl (C=O) groups is 2. The van der Waals surface area contributed by atoms with Gasteiger partial charge in [0.15, 0.2) is 0 Å². The number of hydrogen-bond acceptors (Lipinski definition) is 6. The average molecular weight is 445 g/mol. The highest BCUT2D eigenvalue weighted by Gasteiger charge is 2.14. The van der Waals surface area contributed by atoms with Crippen LogP contribution >= 0.6 is 23.1 Å². The van der Waals surface area contributed by atoms with Crippen LogP contribution in [0.1, 0.15) is 5.56 Å². The molecule has 31 heavy (non-hydrogen) atoms. The molecule has 0 fully saturated rings. The van der Waals surface area contributed by atoms with E-state index in [0.717, 1.165) is 37.4 Å². The van der Waals surface area contributed by atoms with Crippen LogP contribution in [0.5, 0.6) is 0 Å². The lowest BCUT2D eigenvalue weighted by Gasteiger charge is -2.07. The first-order valence-corrected chi connectivity index (χ1v) is 10.9. The monoisotopic (exact) mass is 444 g/mol. The molecule has 0 unspecified atom stereocenters. The third-order valence-corrected chi connectivity index (χ3v) is 6.08. The van der Waals surface area contributed by atoms with Crippen molar-refractivity contribution in [3.05, 3.63) is 72.3 Å². The molecular weight excluding hydrogens is 428 g/mol. The van der Waals surface area contributed by atoms with Gasteiger partial charge in [0, 0.05) is 21.8 Å². The van der Waals surface area contributed by atoms with E-state index < -0.39 is 11.8 Å². The van der Waals surface area contributed by atoms with Gasteiger partial charge in [0.05, 0.1) is 10.2 Å². The van der Waals surface area contributed by atoms with E-state index in [-0.39, 0.29) is 0 Å². The van der Waals surface area contributed by atoms with Gasteiger partial charge in [-0.1, -0.05) is 6.07 Å². The molecule has 0 aliphatic carbocycles. The van der Waals surface area contributed by atoms with Crippen LogP contribution < -0.4 is 10.6 Å². The van der Waals surface area contributed by atoms with Gasteiger partial charge in [0.2, 0.25) is 0 Å². The maximum atomic E-state index is 12.2. The molecule has 0 saturated heterocycles. The highest BCUT2D eigenvalue weighted by atomic mass is 32.2. The smallest absolute Gasteiger partial charge is 0.314 e. The average Bonchev–Trinajstić information content (AvgIpc) is 3.19. The van der Waals surface area contributed by atoms with Crippen molar-refractivity contribution < 1.29 is 9.59 Å². The lowest BCUT2D eigenvalue weighted by Crippen LogP contribution is -2.29. The summed E-state index contributed by atoms with van der Waals surface area (Å²) in [4.78, 5) is 29.8. The number of thioether (sulfide) groups is 1. The highest BCUT2D eigenvalue weighted by molar-refractivity contribution is 8.03. The van der Waals surface area contributed by atoms with Gasteiger partial charge in [-0.15, -0.1) is 11.3 Å². The van der Waals surface area contributed by atoms with Crippen molar-refractivity contribution in [2.24, 2.45) is 0 Å². The number of thiazole rings is 1. The van der Waals surface area contributed by atoms with Gasteiger partial charge in [-0.3, -0.25) is 9.59 Å². The minimum atomic E-state index is -0.772. The van der Waals surface area contributed by atoms with Gasteiger partial charge >= 0.3 is 11.8 Å².